The van der Waals surface area contributed by atoms with E-state index in [1.807, 2.05) is 0 Å². The number of nitrogens with one attached hydrogen (secondary N) is 2. The molecule has 102 valence electrons. The lowest BCUT2D eigenvalue weighted by Gasteiger charge is -2.03. The highest BCUT2D eigenvalue weighted by Gasteiger charge is 2.06. The molecule has 2 rings (SSSR count). The van der Waals surface area contributed by atoms with E-state index in [1.54, 1.807) is 24.3 Å². The topological polar surface area (TPSA) is 96.6 Å². The van der Waals surface area contributed by atoms with Crippen LogP contribution in [-0.4, -0.2) is 29.6 Å². The number of nitrogens with zero attached hydrogens (tertiary/aromatic N) is 2. The van der Waals surface area contributed by atoms with Gasteiger partial charge in [-0.25, -0.2) is 5.43 Å². The summed E-state index contributed by atoms with van der Waals surface area (Å²) < 4.78 is 5.00. The molecule has 0 unspecified atom stereocenters. The molecule has 0 radical (unpaired) electrons. The fraction of sp³-hybridized carbons (Fsp3) is 0.0769. The van der Waals surface area contributed by atoms with Crippen LogP contribution >= 0.6 is 0 Å². The van der Waals surface area contributed by atoms with E-state index in [1.165, 1.54) is 24.9 Å². The fourth-order valence-electron chi connectivity index (χ4n) is 1.34. The summed E-state index contributed by atoms with van der Waals surface area (Å²) in [7, 11) is 0. The molecule has 0 fully saturated rings. The second-order valence-corrected chi connectivity index (χ2v) is 3.73. The molecular weight excluding hydrogens is 260 g/mol. The minimum atomic E-state index is -0.435. The lowest BCUT2D eigenvalue weighted by molar-refractivity contribution is -0.120. The van der Waals surface area contributed by atoms with Gasteiger partial charge < -0.3 is 9.73 Å². The second-order valence-electron chi connectivity index (χ2n) is 3.73. The second kappa shape index (κ2) is 6.83. The van der Waals surface area contributed by atoms with E-state index in [9.17, 15) is 9.59 Å². The van der Waals surface area contributed by atoms with Crippen LogP contribution in [0.4, 0.5) is 0 Å². The van der Waals surface area contributed by atoms with Crippen molar-refractivity contribution in [2.24, 2.45) is 5.10 Å². The Bertz CT molecular complexity index is 593. The van der Waals surface area contributed by atoms with Crippen molar-refractivity contribution in [2.75, 3.05) is 6.54 Å². The summed E-state index contributed by atoms with van der Waals surface area (Å²) in [6, 6.07) is 6.52. The Morgan fingerprint density at radius 1 is 1.30 bits per heavy atom. The van der Waals surface area contributed by atoms with Gasteiger partial charge in [0, 0.05) is 18.0 Å². The van der Waals surface area contributed by atoms with Crippen molar-refractivity contribution >= 4 is 18.0 Å². The highest BCUT2D eigenvalue weighted by Crippen LogP contribution is 1.95. The molecule has 0 saturated carbocycles. The zero-order chi connectivity index (χ0) is 14.2. The van der Waals surface area contributed by atoms with Crippen molar-refractivity contribution in [3.63, 3.8) is 0 Å². The van der Waals surface area contributed by atoms with E-state index in [0.29, 0.717) is 11.3 Å². The van der Waals surface area contributed by atoms with E-state index >= 15 is 0 Å². The summed E-state index contributed by atoms with van der Waals surface area (Å²) in [5, 5.41) is 6.15. The maximum absolute atomic E-state index is 11.6. The number of amides is 2. The van der Waals surface area contributed by atoms with Crippen LogP contribution in [0.2, 0.25) is 0 Å². The first-order valence-electron chi connectivity index (χ1n) is 5.79. The number of carbonyl (C=O) groups excluding carboxylic acids is 2. The summed E-state index contributed by atoms with van der Waals surface area (Å²) in [6.07, 6.45) is 5.87. The largest absolute Gasteiger partial charge is 0.463 e. The number of hydrogen-bond acceptors (Lipinski definition) is 5. The maximum Gasteiger partial charge on any atom is 0.259 e. The molecule has 2 aromatic heterocycles. The van der Waals surface area contributed by atoms with Crippen molar-refractivity contribution in [3.05, 3.63) is 54.2 Å². The van der Waals surface area contributed by atoms with Gasteiger partial charge >= 0.3 is 0 Å². The van der Waals surface area contributed by atoms with Gasteiger partial charge in [-0.2, -0.15) is 5.10 Å². The number of rotatable bonds is 5. The highest BCUT2D eigenvalue weighted by molar-refractivity contribution is 5.96. The molecule has 2 aromatic rings. The van der Waals surface area contributed by atoms with Gasteiger partial charge in [0.05, 0.1) is 19.0 Å². The van der Waals surface area contributed by atoms with Gasteiger partial charge in [-0.1, -0.05) is 0 Å². The summed E-state index contributed by atoms with van der Waals surface area (Å²) >= 11 is 0. The molecular formula is C13H12N4O3. The van der Waals surface area contributed by atoms with Crippen molar-refractivity contribution < 1.29 is 14.0 Å². The quantitative estimate of drug-likeness (QED) is 0.613. The first-order valence-corrected chi connectivity index (χ1v) is 5.79. The Hall–Kier alpha value is -2.96. The Morgan fingerprint density at radius 3 is 2.80 bits per heavy atom. The zero-order valence-electron chi connectivity index (χ0n) is 10.4. The number of hydrazone groups is 1. The molecule has 2 N–H and O–H groups in total. The van der Waals surface area contributed by atoms with Crippen molar-refractivity contribution in [2.45, 2.75) is 0 Å². The minimum Gasteiger partial charge on any atom is -0.463 e. The molecule has 7 nitrogen and oxygen atoms in total. The number of aromatic nitrogens is 1. The highest BCUT2D eigenvalue weighted by atomic mass is 16.3. The normalized spacial score (nSPS) is 10.4. The lowest BCUT2D eigenvalue weighted by Crippen LogP contribution is -2.34. The molecule has 2 amide bonds. The van der Waals surface area contributed by atoms with Crippen LogP contribution in [0.25, 0.3) is 0 Å². The lowest BCUT2D eigenvalue weighted by atomic mass is 10.2. The summed E-state index contributed by atoms with van der Waals surface area (Å²) in [6.45, 7) is -0.170. The molecule has 0 aromatic carbocycles. The Kier molecular flexibility index (Phi) is 4.60. The van der Waals surface area contributed by atoms with Crippen LogP contribution in [0.15, 0.2) is 52.4 Å². The molecule has 0 atom stereocenters. The predicted molar refractivity (Wildman–Crippen MR) is 71.0 cm³/mol. The molecule has 0 aliphatic heterocycles. The molecule has 0 aliphatic rings. The minimum absolute atomic E-state index is 0.170. The first kappa shape index (κ1) is 13.5. The molecule has 2 heterocycles. The summed E-state index contributed by atoms with van der Waals surface area (Å²) in [4.78, 5) is 26.9. The first-order chi connectivity index (χ1) is 9.75. The monoisotopic (exact) mass is 272 g/mol. The zero-order valence-corrected chi connectivity index (χ0v) is 10.4. The molecule has 20 heavy (non-hydrogen) atoms. The smallest absolute Gasteiger partial charge is 0.259 e. The number of carbonyl (C=O) groups is 2. The average Bonchev–Trinajstić information content (AvgIpc) is 2.99. The predicted octanol–water partition coefficient (Wildman–Crippen LogP) is 0.555. The Labute approximate surface area is 114 Å². The van der Waals surface area contributed by atoms with Gasteiger partial charge in [-0.15, -0.1) is 0 Å². The van der Waals surface area contributed by atoms with E-state index in [4.69, 9.17) is 4.42 Å². The summed E-state index contributed by atoms with van der Waals surface area (Å²) in [5.74, 6) is -0.265. The van der Waals surface area contributed by atoms with Gasteiger partial charge in [-0.3, -0.25) is 14.6 Å². The van der Waals surface area contributed by atoms with Crippen LogP contribution < -0.4 is 10.7 Å². The van der Waals surface area contributed by atoms with E-state index in [2.05, 4.69) is 20.8 Å². The average molecular weight is 272 g/mol. The third-order valence-corrected chi connectivity index (χ3v) is 2.28. The van der Waals surface area contributed by atoms with E-state index < -0.39 is 5.91 Å². The molecule has 0 aliphatic carbocycles. The van der Waals surface area contributed by atoms with Crippen LogP contribution in [0.5, 0.6) is 0 Å². The van der Waals surface area contributed by atoms with E-state index in [-0.39, 0.29) is 12.5 Å². The fourth-order valence-corrected chi connectivity index (χ4v) is 1.34. The molecule has 7 heteroatoms. The van der Waals surface area contributed by atoms with Gasteiger partial charge in [0.15, 0.2) is 0 Å². The van der Waals surface area contributed by atoms with Crippen molar-refractivity contribution in [1.29, 1.82) is 0 Å². The van der Waals surface area contributed by atoms with Gasteiger partial charge in [-0.05, 0) is 24.3 Å². The third kappa shape index (κ3) is 4.05. The third-order valence-electron chi connectivity index (χ3n) is 2.28. The molecule has 0 saturated heterocycles. The van der Waals surface area contributed by atoms with E-state index in [0.717, 1.165) is 0 Å². The van der Waals surface area contributed by atoms with Crippen LogP contribution in [0.1, 0.15) is 16.1 Å². The maximum atomic E-state index is 11.6. The number of pyridine rings is 1. The Morgan fingerprint density at radius 2 is 2.10 bits per heavy atom. The number of hydrogen-bond donors (Lipinski definition) is 2. The number of furan rings is 1. The standard InChI is InChI=1S/C13H12N4O3/c18-12(17-16-8-11-2-1-7-20-11)9-15-13(19)10-3-5-14-6-4-10/h1-8H,9H2,(H,15,19)(H,17,18). The van der Waals surface area contributed by atoms with Gasteiger partial charge in [0.2, 0.25) is 0 Å². The van der Waals surface area contributed by atoms with Gasteiger partial charge in [0.1, 0.15) is 5.76 Å². The van der Waals surface area contributed by atoms with Crippen LogP contribution in [0.3, 0.4) is 0 Å². The van der Waals surface area contributed by atoms with Crippen LogP contribution in [-0.2, 0) is 4.79 Å². The Balaban J connectivity index is 1.74. The van der Waals surface area contributed by atoms with Crippen molar-refractivity contribution in [3.8, 4) is 0 Å². The SMILES string of the molecule is O=C(CNC(=O)c1ccncc1)NN=Cc1ccco1. The summed E-state index contributed by atoms with van der Waals surface area (Å²) in [5.41, 5.74) is 2.71. The van der Waals surface area contributed by atoms with Crippen LogP contribution in [0, 0.1) is 0 Å². The van der Waals surface area contributed by atoms with Crippen molar-refractivity contribution in [1.82, 2.24) is 15.7 Å². The van der Waals surface area contributed by atoms with Gasteiger partial charge in [0.25, 0.3) is 11.8 Å². The molecule has 0 bridgehead atoms. The molecule has 0 spiro atoms.